The molecule has 0 aliphatic heterocycles. The Morgan fingerprint density at radius 3 is 2.53 bits per heavy atom. The number of nitriles is 1. The zero-order valence-electron chi connectivity index (χ0n) is 10.7. The Bertz CT molecular complexity index is 340. The predicted octanol–water partition coefficient (Wildman–Crippen LogP) is 3.78. The molecule has 1 rings (SSSR count). The summed E-state index contributed by atoms with van der Waals surface area (Å²) in [4.78, 5) is 0. The molecule has 1 atom stereocenters. The van der Waals surface area contributed by atoms with E-state index in [2.05, 4.69) is 32.0 Å². The van der Waals surface area contributed by atoms with Crippen molar-refractivity contribution in [3.05, 3.63) is 35.9 Å². The first-order valence-electron chi connectivity index (χ1n) is 6.23. The van der Waals surface area contributed by atoms with Crippen molar-refractivity contribution < 1.29 is 4.74 Å². The van der Waals surface area contributed by atoms with E-state index < -0.39 is 0 Å². The Morgan fingerprint density at radius 1 is 1.24 bits per heavy atom. The van der Waals surface area contributed by atoms with Crippen LogP contribution >= 0.6 is 0 Å². The Morgan fingerprint density at radius 2 is 1.94 bits per heavy atom. The van der Waals surface area contributed by atoms with E-state index in [0.29, 0.717) is 19.1 Å². The zero-order valence-corrected chi connectivity index (χ0v) is 10.7. The quantitative estimate of drug-likeness (QED) is 0.669. The van der Waals surface area contributed by atoms with Crippen molar-refractivity contribution in [2.24, 2.45) is 11.8 Å². The normalized spacial score (nSPS) is 12.4. The molecule has 0 unspecified atom stereocenters. The molecule has 17 heavy (non-hydrogen) atoms. The highest BCUT2D eigenvalue weighted by Gasteiger charge is 2.09. The van der Waals surface area contributed by atoms with Gasteiger partial charge in [-0.05, 0) is 24.3 Å². The minimum atomic E-state index is 0.130. The first kappa shape index (κ1) is 13.7. The molecule has 2 heteroatoms. The predicted molar refractivity (Wildman–Crippen MR) is 69.3 cm³/mol. The molecule has 0 N–H and O–H groups in total. The standard InChI is InChI=1S/C15H21NO/c1-13(2)10-15(11-16)8-9-17-12-14-6-4-3-5-7-14/h3-7,13,15H,8-10,12H2,1-2H3/t15-/m1/s1. The summed E-state index contributed by atoms with van der Waals surface area (Å²) in [7, 11) is 0. The summed E-state index contributed by atoms with van der Waals surface area (Å²) in [5.74, 6) is 0.708. The third kappa shape index (κ3) is 6.09. The van der Waals surface area contributed by atoms with Gasteiger partial charge in [-0.1, -0.05) is 44.2 Å². The molecular weight excluding hydrogens is 210 g/mol. The van der Waals surface area contributed by atoms with E-state index in [0.717, 1.165) is 12.8 Å². The maximum Gasteiger partial charge on any atom is 0.0716 e. The van der Waals surface area contributed by atoms with Crippen LogP contribution in [0.3, 0.4) is 0 Å². The van der Waals surface area contributed by atoms with Crippen LogP contribution in [0, 0.1) is 23.2 Å². The summed E-state index contributed by atoms with van der Waals surface area (Å²) >= 11 is 0. The maximum atomic E-state index is 8.99. The van der Waals surface area contributed by atoms with E-state index in [1.54, 1.807) is 0 Å². The average molecular weight is 231 g/mol. The van der Waals surface area contributed by atoms with Gasteiger partial charge in [0, 0.05) is 12.5 Å². The van der Waals surface area contributed by atoms with Gasteiger partial charge >= 0.3 is 0 Å². The summed E-state index contributed by atoms with van der Waals surface area (Å²) < 4.78 is 5.58. The van der Waals surface area contributed by atoms with Gasteiger partial charge in [0.15, 0.2) is 0 Å². The van der Waals surface area contributed by atoms with Crippen molar-refractivity contribution in [1.82, 2.24) is 0 Å². The molecule has 0 fully saturated rings. The first-order valence-corrected chi connectivity index (χ1v) is 6.23. The van der Waals surface area contributed by atoms with Crippen LogP contribution in [0.4, 0.5) is 0 Å². The molecule has 2 nitrogen and oxygen atoms in total. The van der Waals surface area contributed by atoms with Gasteiger partial charge in [0.1, 0.15) is 0 Å². The minimum absolute atomic E-state index is 0.130. The minimum Gasteiger partial charge on any atom is -0.377 e. The number of ether oxygens (including phenoxy) is 1. The highest BCUT2D eigenvalue weighted by atomic mass is 16.5. The largest absolute Gasteiger partial charge is 0.377 e. The summed E-state index contributed by atoms with van der Waals surface area (Å²) in [6.07, 6.45) is 1.80. The Labute approximate surface area is 104 Å². The van der Waals surface area contributed by atoms with Gasteiger partial charge in [-0.15, -0.1) is 0 Å². The molecule has 0 saturated carbocycles. The van der Waals surface area contributed by atoms with E-state index >= 15 is 0 Å². The van der Waals surface area contributed by atoms with Crippen LogP contribution in [0.5, 0.6) is 0 Å². The topological polar surface area (TPSA) is 33.0 Å². The highest BCUT2D eigenvalue weighted by Crippen LogP contribution is 2.14. The fraction of sp³-hybridized carbons (Fsp3) is 0.533. The number of rotatable bonds is 7. The fourth-order valence-corrected chi connectivity index (χ4v) is 1.79. The van der Waals surface area contributed by atoms with Gasteiger partial charge in [-0.3, -0.25) is 0 Å². The fourth-order valence-electron chi connectivity index (χ4n) is 1.79. The average Bonchev–Trinajstić information content (AvgIpc) is 2.34. The molecule has 1 aromatic carbocycles. The van der Waals surface area contributed by atoms with Gasteiger partial charge in [-0.2, -0.15) is 5.26 Å². The molecule has 0 radical (unpaired) electrons. The van der Waals surface area contributed by atoms with E-state index in [-0.39, 0.29) is 5.92 Å². The van der Waals surface area contributed by atoms with Crippen LogP contribution in [0.15, 0.2) is 30.3 Å². The first-order chi connectivity index (χ1) is 8.22. The highest BCUT2D eigenvalue weighted by molar-refractivity contribution is 5.13. The Kier molecular flexibility index (Phi) is 6.35. The second kappa shape index (κ2) is 7.86. The maximum absolute atomic E-state index is 8.99. The molecule has 0 heterocycles. The van der Waals surface area contributed by atoms with Crippen molar-refractivity contribution in [2.45, 2.75) is 33.3 Å². The molecule has 0 aliphatic carbocycles. The van der Waals surface area contributed by atoms with E-state index in [1.807, 2.05) is 18.2 Å². The van der Waals surface area contributed by atoms with Gasteiger partial charge in [0.05, 0.1) is 12.7 Å². The Hall–Kier alpha value is -1.33. The monoisotopic (exact) mass is 231 g/mol. The van der Waals surface area contributed by atoms with Gasteiger partial charge < -0.3 is 4.74 Å². The van der Waals surface area contributed by atoms with E-state index in [1.165, 1.54) is 5.56 Å². The summed E-state index contributed by atoms with van der Waals surface area (Å²) in [5.41, 5.74) is 1.19. The van der Waals surface area contributed by atoms with E-state index in [9.17, 15) is 0 Å². The number of hydrogen-bond acceptors (Lipinski definition) is 2. The third-order valence-corrected chi connectivity index (χ3v) is 2.66. The third-order valence-electron chi connectivity index (χ3n) is 2.66. The zero-order chi connectivity index (χ0) is 12.5. The van der Waals surface area contributed by atoms with Crippen LogP contribution in [0.1, 0.15) is 32.3 Å². The molecular formula is C15H21NO. The number of nitrogens with zero attached hydrogens (tertiary/aromatic N) is 1. The molecule has 0 bridgehead atoms. The van der Waals surface area contributed by atoms with E-state index in [4.69, 9.17) is 10.00 Å². The van der Waals surface area contributed by atoms with Crippen LogP contribution in [-0.4, -0.2) is 6.61 Å². The lowest BCUT2D eigenvalue weighted by molar-refractivity contribution is 0.110. The molecule has 0 aliphatic rings. The second-order valence-corrected chi connectivity index (χ2v) is 4.78. The molecule has 1 aromatic rings. The second-order valence-electron chi connectivity index (χ2n) is 4.78. The summed E-state index contributed by atoms with van der Waals surface area (Å²) in [6.45, 7) is 5.60. The lowest BCUT2D eigenvalue weighted by Crippen LogP contribution is -2.06. The van der Waals surface area contributed by atoms with Crippen molar-refractivity contribution in [3.63, 3.8) is 0 Å². The van der Waals surface area contributed by atoms with Crippen molar-refractivity contribution in [3.8, 4) is 6.07 Å². The summed E-state index contributed by atoms with van der Waals surface area (Å²) in [5, 5.41) is 8.99. The lowest BCUT2D eigenvalue weighted by Gasteiger charge is -2.11. The lowest BCUT2D eigenvalue weighted by atomic mass is 9.96. The number of hydrogen-bond donors (Lipinski definition) is 0. The molecule has 0 aromatic heterocycles. The molecule has 92 valence electrons. The van der Waals surface area contributed by atoms with Gasteiger partial charge in [0.25, 0.3) is 0 Å². The van der Waals surface area contributed by atoms with Crippen LogP contribution in [-0.2, 0) is 11.3 Å². The van der Waals surface area contributed by atoms with Crippen molar-refractivity contribution in [2.75, 3.05) is 6.61 Å². The molecule has 0 spiro atoms. The van der Waals surface area contributed by atoms with Gasteiger partial charge in [0.2, 0.25) is 0 Å². The molecule has 0 saturated heterocycles. The van der Waals surface area contributed by atoms with Crippen molar-refractivity contribution in [1.29, 1.82) is 5.26 Å². The van der Waals surface area contributed by atoms with Crippen molar-refractivity contribution >= 4 is 0 Å². The smallest absolute Gasteiger partial charge is 0.0716 e. The summed E-state index contributed by atoms with van der Waals surface area (Å²) in [6, 6.07) is 12.5. The molecule has 0 amide bonds. The number of benzene rings is 1. The SMILES string of the molecule is CC(C)C[C@H](C#N)CCOCc1ccccc1. The van der Waals surface area contributed by atoms with Crippen LogP contribution in [0.2, 0.25) is 0 Å². The van der Waals surface area contributed by atoms with Gasteiger partial charge in [-0.25, -0.2) is 0 Å². The van der Waals surface area contributed by atoms with Crippen LogP contribution in [0.25, 0.3) is 0 Å². The Balaban J connectivity index is 2.17. The van der Waals surface area contributed by atoms with Crippen LogP contribution < -0.4 is 0 Å².